The summed E-state index contributed by atoms with van der Waals surface area (Å²) in [5.41, 5.74) is 0.523. The molecule has 2 heteroatoms. The highest BCUT2D eigenvalue weighted by Crippen LogP contribution is 2.46. The minimum atomic E-state index is 0.223. The summed E-state index contributed by atoms with van der Waals surface area (Å²) < 4.78 is 0. The van der Waals surface area contributed by atoms with Crippen LogP contribution in [-0.4, -0.2) is 6.54 Å². The van der Waals surface area contributed by atoms with Crippen molar-refractivity contribution in [1.29, 1.82) is 0 Å². The van der Waals surface area contributed by atoms with E-state index in [0.29, 0.717) is 5.41 Å². The minimum Gasteiger partial charge on any atom is -0.306 e. The molecule has 1 fully saturated rings. The third-order valence-corrected chi connectivity index (χ3v) is 4.41. The molecule has 0 aliphatic carbocycles. The molecule has 0 radical (unpaired) electrons. The molecule has 1 aromatic rings. The van der Waals surface area contributed by atoms with Crippen molar-refractivity contribution in [2.75, 3.05) is 6.54 Å². The summed E-state index contributed by atoms with van der Waals surface area (Å²) in [6.07, 6.45) is 2.58. The third kappa shape index (κ3) is 1.41. The monoisotopic (exact) mass is 209 g/mol. The molecule has 1 N–H and O–H groups in total. The van der Waals surface area contributed by atoms with Gasteiger partial charge in [0.05, 0.1) is 5.54 Å². The summed E-state index contributed by atoms with van der Waals surface area (Å²) in [7, 11) is 0. The van der Waals surface area contributed by atoms with Gasteiger partial charge in [0.2, 0.25) is 0 Å². The molecule has 2 heterocycles. The van der Waals surface area contributed by atoms with Crippen molar-refractivity contribution < 1.29 is 0 Å². The maximum absolute atomic E-state index is 3.72. The number of nitrogens with one attached hydrogen (secondary N) is 1. The van der Waals surface area contributed by atoms with Crippen LogP contribution >= 0.6 is 11.3 Å². The lowest BCUT2D eigenvalue weighted by atomic mass is 9.72. The smallest absolute Gasteiger partial charge is 0.0578 e. The van der Waals surface area contributed by atoms with Gasteiger partial charge >= 0.3 is 0 Å². The molecular weight excluding hydrogens is 190 g/mol. The van der Waals surface area contributed by atoms with Gasteiger partial charge in [-0.3, -0.25) is 0 Å². The van der Waals surface area contributed by atoms with Crippen molar-refractivity contribution in [3.05, 3.63) is 22.4 Å². The van der Waals surface area contributed by atoms with Crippen LogP contribution in [0.15, 0.2) is 17.5 Å². The van der Waals surface area contributed by atoms with Crippen LogP contribution in [0.1, 0.15) is 38.5 Å². The van der Waals surface area contributed by atoms with E-state index in [4.69, 9.17) is 0 Å². The number of hydrogen-bond acceptors (Lipinski definition) is 2. The second-order valence-electron chi connectivity index (χ2n) is 5.16. The van der Waals surface area contributed by atoms with Crippen LogP contribution in [0.3, 0.4) is 0 Å². The van der Waals surface area contributed by atoms with E-state index >= 15 is 0 Å². The van der Waals surface area contributed by atoms with Crippen molar-refractivity contribution in [1.82, 2.24) is 5.32 Å². The average Bonchev–Trinajstić information content (AvgIpc) is 2.74. The quantitative estimate of drug-likeness (QED) is 0.747. The van der Waals surface area contributed by atoms with E-state index < -0.39 is 0 Å². The summed E-state index contributed by atoms with van der Waals surface area (Å²) >= 11 is 1.88. The van der Waals surface area contributed by atoms with Crippen LogP contribution in [0.25, 0.3) is 0 Å². The average molecular weight is 209 g/mol. The van der Waals surface area contributed by atoms with E-state index in [2.05, 4.69) is 43.6 Å². The second kappa shape index (κ2) is 3.35. The largest absolute Gasteiger partial charge is 0.306 e. The van der Waals surface area contributed by atoms with Gasteiger partial charge in [0, 0.05) is 4.88 Å². The number of hydrogen-bond donors (Lipinski definition) is 1. The molecule has 0 bridgehead atoms. The highest BCUT2D eigenvalue weighted by atomic mass is 32.1. The Balaban J connectivity index is 2.42. The molecule has 0 amide bonds. The standard InChI is InChI=1S/C12H19NS/c1-11(2,3)12(7-5-8-13-12)10-6-4-9-14-10/h4,6,9,13H,5,7-8H2,1-3H3. The van der Waals surface area contributed by atoms with E-state index in [1.165, 1.54) is 17.7 Å². The van der Waals surface area contributed by atoms with Gasteiger partial charge in [-0.25, -0.2) is 0 Å². The molecule has 1 aromatic heterocycles. The maximum atomic E-state index is 3.72. The summed E-state index contributed by atoms with van der Waals surface area (Å²) in [5, 5.41) is 5.91. The molecule has 1 saturated heterocycles. The normalized spacial score (nSPS) is 28.2. The van der Waals surface area contributed by atoms with Crippen molar-refractivity contribution in [3.8, 4) is 0 Å². The van der Waals surface area contributed by atoms with Crippen LogP contribution < -0.4 is 5.32 Å². The van der Waals surface area contributed by atoms with E-state index in [0.717, 1.165) is 6.54 Å². The third-order valence-electron chi connectivity index (χ3n) is 3.38. The van der Waals surface area contributed by atoms with Gasteiger partial charge in [-0.1, -0.05) is 26.8 Å². The Morgan fingerprint density at radius 2 is 2.21 bits per heavy atom. The molecule has 2 rings (SSSR count). The molecule has 0 spiro atoms. The first-order chi connectivity index (χ1) is 6.56. The first-order valence-electron chi connectivity index (χ1n) is 5.35. The fourth-order valence-corrected chi connectivity index (χ4v) is 3.63. The Kier molecular flexibility index (Phi) is 2.44. The predicted molar refractivity (Wildman–Crippen MR) is 62.7 cm³/mol. The zero-order valence-electron chi connectivity index (χ0n) is 9.26. The molecule has 0 saturated carbocycles. The molecular formula is C12H19NS. The van der Waals surface area contributed by atoms with Crippen molar-refractivity contribution in [2.24, 2.45) is 5.41 Å². The van der Waals surface area contributed by atoms with E-state index in [1.807, 2.05) is 11.3 Å². The van der Waals surface area contributed by atoms with E-state index in [1.54, 1.807) is 0 Å². The van der Waals surface area contributed by atoms with Crippen LogP contribution in [0.2, 0.25) is 0 Å². The van der Waals surface area contributed by atoms with Gasteiger partial charge in [-0.15, -0.1) is 11.3 Å². The van der Waals surface area contributed by atoms with Crippen LogP contribution in [0, 0.1) is 5.41 Å². The van der Waals surface area contributed by atoms with Crippen molar-refractivity contribution in [2.45, 2.75) is 39.2 Å². The minimum absolute atomic E-state index is 0.223. The van der Waals surface area contributed by atoms with Gasteiger partial charge in [0.15, 0.2) is 0 Å². The van der Waals surface area contributed by atoms with E-state index in [-0.39, 0.29) is 5.54 Å². The van der Waals surface area contributed by atoms with Gasteiger partial charge in [-0.2, -0.15) is 0 Å². The molecule has 0 aromatic carbocycles. The summed E-state index contributed by atoms with van der Waals surface area (Å²) in [6.45, 7) is 8.18. The topological polar surface area (TPSA) is 12.0 Å². The second-order valence-corrected chi connectivity index (χ2v) is 6.11. The van der Waals surface area contributed by atoms with Crippen LogP contribution in [-0.2, 0) is 5.54 Å². The Bertz CT molecular complexity index is 289. The zero-order chi connectivity index (χ0) is 10.2. The van der Waals surface area contributed by atoms with Gasteiger partial charge in [0.1, 0.15) is 0 Å². The van der Waals surface area contributed by atoms with Gasteiger partial charge in [0.25, 0.3) is 0 Å². The highest BCUT2D eigenvalue weighted by Gasteiger charge is 2.45. The molecule has 1 aliphatic heterocycles. The summed E-state index contributed by atoms with van der Waals surface area (Å²) in [5.74, 6) is 0. The zero-order valence-corrected chi connectivity index (χ0v) is 10.1. The SMILES string of the molecule is CC(C)(C)C1(c2cccs2)CCCN1. The molecule has 1 aliphatic rings. The molecule has 78 valence electrons. The van der Waals surface area contributed by atoms with Crippen molar-refractivity contribution in [3.63, 3.8) is 0 Å². The summed E-state index contributed by atoms with van der Waals surface area (Å²) in [4.78, 5) is 1.50. The lowest BCUT2D eigenvalue weighted by Crippen LogP contribution is -2.47. The fraction of sp³-hybridized carbons (Fsp3) is 0.667. The molecule has 1 nitrogen and oxygen atoms in total. The first kappa shape index (κ1) is 10.2. The predicted octanol–water partition coefficient (Wildman–Crippen LogP) is 3.37. The Hall–Kier alpha value is -0.340. The van der Waals surface area contributed by atoms with E-state index in [9.17, 15) is 0 Å². The Morgan fingerprint density at radius 1 is 1.43 bits per heavy atom. The van der Waals surface area contributed by atoms with Crippen molar-refractivity contribution >= 4 is 11.3 Å². The lowest BCUT2D eigenvalue weighted by molar-refractivity contribution is 0.165. The molecule has 1 atom stereocenters. The van der Waals surface area contributed by atoms with Gasteiger partial charge < -0.3 is 5.32 Å². The first-order valence-corrected chi connectivity index (χ1v) is 6.23. The molecule has 14 heavy (non-hydrogen) atoms. The lowest BCUT2D eigenvalue weighted by Gasteiger charge is -2.41. The molecule has 1 unspecified atom stereocenters. The summed E-state index contributed by atoms with van der Waals surface area (Å²) in [6, 6.07) is 4.43. The maximum Gasteiger partial charge on any atom is 0.0578 e. The Morgan fingerprint density at radius 3 is 2.64 bits per heavy atom. The number of rotatable bonds is 1. The highest BCUT2D eigenvalue weighted by molar-refractivity contribution is 7.10. The number of thiophene rings is 1. The van der Waals surface area contributed by atoms with Crippen LogP contribution in [0.4, 0.5) is 0 Å². The Labute approximate surface area is 90.5 Å². The van der Waals surface area contributed by atoms with Crippen LogP contribution in [0.5, 0.6) is 0 Å². The van der Waals surface area contributed by atoms with Gasteiger partial charge in [-0.05, 0) is 36.2 Å². The fourth-order valence-electron chi connectivity index (χ4n) is 2.49.